The van der Waals surface area contributed by atoms with Gasteiger partial charge in [0, 0.05) is 18.7 Å². The molecule has 3 nitrogen and oxygen atoms in total. The number of nitrogens with zero attached hydrogens (tertiary/aromatic N) is 1. The van der Waals surface area contributed by atoms with Gasteiger partial charge in [0.25, 0.3) is 0 Å². The molecule has 3 rings (SSSR count). The van der Waals surface area contributed by atoms with Gasteiger partial charge in [0.1, 0.15) is 5.75 Å². The number of aromatic nitrogens is 1. The molecule has 20 heavy (non-hydrogen) atoms. The van der Waals surface area contributed by atoms with Crippen LogP contribution in [0.15, 0.2) is 42.6 Å². The van der Waals surface area contributed by atoms with Crippen LogP contribution < -0.4 is 10.1 Å². The van der Waals surface area contributed by atoms with E-state index in [1.807, 2.05) is 25.4 Å². The number of nitrogens with one attached hydrogen (secondary N) is 1. The first-order valence-electron chi connectivity index (χ1n) is 7.19. The molecule has 0 saturated carbocycles. The number of benzene rings is 1. The van der Waals surface area contributed by atoms with E-state index < -0.39 is 0 Å². The summed E-state index contributed by atoms with van der Waals surface area (Å²) in [5, 5.41) is 3.35. The Kier molecular flexibility index (Phi) is 3.97. The zero-order chi connectivity index (χ0) is 13.8. The predicted octanol–water partition coefficient (Wildman–Crippen LogP) is 2.91. The van der Waals surface area contributed by atoms with E-state index in [2.05, 4.69) is 34.6 Å². The van der Waals surface area contributed by atoms with Crippen LogP contribution in [0.1, 0.15) is 29.3 Å². The largest absolute Gasteiger partial charge is 0.493 e. The quantitative estimate of drug-likeness (QED) is 0.905. The van der Waals surface area contributed by atoms with Crippen LogP contribution in [-0.4, -0.2) is 18.6 Å². The number of hydrogen-bond acceptors (Lipinski definition) is 3. The van der Waals surface area contributed by atoms with Crippen molar-refractivity contribution in [2.45, 2.75) is 25.3 Å². The van der Waals surface area contributed by atoms with Gasteiger partial charge in [-0.25, -0.2) is 0 Å². The lowest BCUT2D eigenvalue weighted by Crippen LogP contribution is -2.18. The molecule has 2 heterocycles. The molecule has 1 aliphatic heterocycles. The summed E-state index contributed by atoms with van der Waals surface area (Å²) in [5.74, 6) is 1.06. The molecule has 0 saturated heterocycles. The van der Waals surface area contributed by atoms with Gasteiger partial charge in [-0.3, -0.25) is 4.98 Å². The summed E-state index contributed by atoms with van der Waals surface area (Å²) in [4.78, 5) is 4.44. The molecule has 1 atom stereocenters. The van der Waals surface area contributed by atoms with E-state index in [-0.39, 0.29) is 0 Å². The minimum atomic E-state index is 0.306. The van der Waals surface area contributed by atoms with Gasteiger partial charge >= 0.3 is 0 Å². The molecule has 0 fully saturated rings. The van der Waals surface area contributed by atoms with Crippen LogP contribution in [0.5, 0.6) is 5.75 Å². The lowest BCUT2D eigenvalue weighted by molar-refractivity contribution is 0.357. The van der Waals surface area contributed by atoms with Gasteiger partial charge in [-0.15, -0.1) is 0 Å². The fourth-order valence-electron chi connectivity index (χ4n) is 2.73. The third-order valence-corrected chi connectivity index (χ3v) is 3.87. The van der Waals surface area contributed by atoms with Crippen molar-refractivity contribution in [3.05, 3.63) is 59.4 Å². The fraction of sp³-hybridized carbons (Fsp3) is 0.353. The van der Waals surface area contributed by atoms with E-state index in [0.717, 1.165) is 37.3 Å². The van der Waals surface area contributed by atoms with E-state index in [4.69, 9.17) is 4.74 Å². The summed E-state index contributed by atoms with van der Waals surface area (Å²) in [5.41, 5.74) is 3.84. The Bertz CT molecular complexity index is 568. The minimum Gasteiger partial charge on any atom is -0.493 e. The average Bonchev–Trinajstić information content (AvgIpc) is 2.96. The monoisotopic (exact) mass is 268 g/mol. The first-order valence-corrected chi connectivity index (χ1v) is 7.19. The van der Waals surface area contributed by atoms with E-state index in [9.17, 15) is 0 Å². The first-order chi connectivity index (χ1) is 9.86. The number of rotatable bonds is 5. The van der Waals surface area contributed by atoms with Crippen LogP contribution in [0.2, 0.25) is 0 Å². The first kappa shape index (κ1) is 13.1. The highest BCUT2D eigenvalue weighted by molar-refractivity contribution is 5.39. The van der Waals surface area contributed by atoms with Crippen molar-refractivity contribution in [2.24, 2.45) is 0 Å². The molecule has 0 bridgehead atoms. The van der Waals surface area contributed by atoms with Gasteiger partial charge < -0.3 is 10.1 Å². The normalized spacial score (nSPS) is 14.7. The molecular formula is C17H20N2O. The Balaban J connectivity index is 1.66. The molecule has 2 aromatic rings. The van der Waals surface area contributed by atoms with Crippen molar-refractivity contribution in [3.63, 3.8) is 0 Å². The lowest BCUT2D eigenvalue weighted by Gasteiger charge is -2.15. The van der Waals surface area contributed by atoms with Gasteiger partial charge in [-0.05, 0) is 49.2 Å². The molecule has 0 amide bonds. The Morgan fingerprint density at radius 2 is 2.25 bits per heavy atom. The Hall–Kier alpha value is -1.87. The maximum Gasteiger partial charge on any atom is 0.122 e. The second-order valence-corrected chi connectivity index (χ2v) is 5.18. The van der Waals surface area contributed by atoms with Crippen LogP contribution in [0.25, 0.3) is 0 Å². The van der Waals surface area contributed by atoms with Gasteiger partial charge in [-0.2, -0.15) is 0 Å². The van der Waals surface area contributed by atoms with Crippen molar-refractivity contribution >= 4 is 0 Å². The van der Waals surface area contributed by atoms with Crippen LogP contribution in [0.3, 0.4) is 0 Å². The van der Waals surface area contributed by atoms with Crippen molar-refractivity contribution < 1.29 is 4.74 Å². The molecule has 104 valence electrons. The minimum absolute atomic E-state index is 0.306. The topological polar surface area (TPSA) is 34.1 Å². The van der Waals surface area contributed by atoms with Gasteiger partial charge in [0.05, 0.1) is 12.3 Å². The Morgan fingerprint density at radius 3 is 3.05 bits per heavy atom. The highest BCUT2D eigenvalue weighted by Gasteiger charge is 2.14. The smallest absolute Gasteiger partial charge is 0.122 e. The molecule has 1 aromatic heterocycles. The van der Waals surface area contributed by atoms with Crippen molar-refractivity contribution in [1.29, 1.82) is 0 Å². The summed E-state index contributed by atoms with van der Waals surface area (Å²) in [6.07, 6.45) is 4.99. The zero-order valence-corrected chi connectivity index (χ0v) is 11.8. The van der Waals surface area contributed by atoms with Gasteiger partial charge in [0.15, 0.2) is 0 Å². The molecule has 3 heteroatoms. The van der Waals surface area contributed by atoms with Crippen LogP contribution in [-0.2, 0) is 12.8 Å². The highest BCUT2D eigenvalue weighted by Crippen LogP contribution is 2.27. The highest BCUT2D eigenvalue weighted by atomic mass is 16.5. The van der Waals surface area contributed by atoms with Crippen molar-refractivity contribution in [2.75, 3.05) is 13.7 Å². The predicted molar refractivity (Wildman–Crippen MR) is 80.0 cm³/mol. The third-order valence-electron chi connectivity index (χ3n) is 3.87. The SMILES string of the molecule is CNC(CCc1ccc2c(c1)CCO2)c1ccccn1. The standard InChI is InChI=1S/C17H20N2O/c1-18-15(16-4-2-3-10-19-16)7-5-13-6-8-17-14(12-13)9-11-20-17/h2-4,6,8,10,12,15,18H,5,7,9,11H2,1H3. The maximum absolute atomic E-state index is 5.55. The van der Waals surface area contributed by atoms with Gasteiger partial charge in [-0.1, -0.05) is 18.2 Å². The summed E-state index contributed by atoms with van der Waals surface area (Å²) in [7, 11) is 2.00. The summed E-state index contributed by atoms with van der Waals surface area (Å²) in [6.45, 7) is 0.825. The van der Waals surface area contributed by atoms with E-state index in [1.54, 1.807) is 0 Å². The molecule has 1 aromatic carbocycles. The summed E-state index contributed by atoms with van der Waals surface area (Å²) >= 11 is 0. The molecule has 1 N–H and O–H groups in total. The molecular weight excluding hydrogens is 248 g/mol. The third kappa shape index (κ3) is 2.83. The number of pyridine rings is 1. The maximum atomic E-state index is 5.55. The number of ether oxygens (including phenoxy) is 1. The summed E-state index contributed by atoms with van der Waals surface area (Å²) in [6, 6.07) is 12.9. The van der Waals surface area contributed by atoms with E-state index in [1.165, 1.54) is 11.1 Å². The second kappa shape index (κ2) is 6.06. The van der Waals surface area contributed by atoms with E-state index in [0.29, 0.717) is 6.04 Å². The van der Waals surface area contributed by atoms with Crippen molar-refractivity contribution in [3.8, 4) is 5.75 Å². The second-order valence-electron chi connectivity index (χ2n) is 5.18. The van der Waals surface area contributed by atoms with Crippen LogP contribution in [0.4, 0.5) is 0 Å². The zero-order valence-electron chi connectivity index (χ0n) is 11.8. The molecule has 0 spiro atoms. The average molecular weight is 268 g/mol. The lowest BCUT2D eigenvalue weighted by atomic mass is 10.0. The Morgan fingerprint density at radius 1 is 1.30 bits per heavy atom. The fourth-order valence-corrected chi connectivity index (χ4v) is 2.73. The molecule has 0 aliphatic carbocycles. The molecule has 1 aliphatic rings. The number of hydrogen-bond donors (Lipinski definition) is 1. The van der Waals surface area contributed by atoms with Crippen molar-refractivity contribution in [1.82, 2.24) is 10.3 Å². The molecule has 0 radical (unpaired) electrons. The number of aryl methyl sites for hydroxylation is 1. The Labute approximate surface area is 120 Å². The van der Waals surface area contributed by atoms with E-state index >= 15 is 0 Å². The molecule has 1 unspecified atom stereocenters. The van der Waals surface area contributed by atoms with Gasteiger partial charge in [0.2, 0.25) is 0 Å². The number of fused-ring (bicyclic) bond motifs is 1. The van der Waals surface area contributed by atoms with Crippen LogP contribution >= 0.6 is 0 Å². The summed E-state index contributed by atoms with van der Waals surface area (Å²) < 4.78 is 5.55. The van der Waals surface area contributed by atoms with Crippen LogP contribution in [0, 0.1) is 0 Å².